The average Bonchev–Trinajstić information content (AvgIpc) is 3.62. The Morgan fingerprint density at radius 3 is 2.21 bits per heavy atom. The summed E-state index contributed by atoms with van der Waals surface area (Å²) in [6, 6.07) is 0. The molecule has 5 aliphatic rings. The van der Waals surface area contributed by atoms with Crippen molar-refractivity contribution >= 4 is 0 Å². The minimum Gasteiger partial charge on any atom is -0.379 e. The first-order chi connectivity index (χ1) is 30.6. The van der Waals surface area contributed by atoms with E-state index in [1.165, 1.54) is 174 Å². The van der Waals surface area contributed by atoms with E-state index in [1.807, 2.05) is 0 Å². The summed E-state index contributed by atoms with van der Waals surface area (Å²) in [6.45, 7) is 24.9. The molecule has 0 radical (unpaired) electrons. The number of allylic oxidation sites excluding steroid dienone is 3. The van der Waals surface area contributed by atoms with Crippen molar-refractivity contribution in [3.63, 3.8) is 0 Å². The summed E-state index contributed by atoms with van der Waals surface area (Å²) >= 11 is 0. The molecule has 0 spiro atoms. The quantitative estimate of drug-likeness (QED) is 0.0485. The van der Waals surface area contributed by atoms with Crippen molar-refractivity contribution in [1.29, 1.82) is 0 Å². The van der Waals surface area contributed by atoms with Gasteiger partial charge in [-0.3, -0.25) is 0 Å². The maximum absolute atomic E-state index is 6.53. The molecule has 0 amide bonds. The molecule has 0 aromatic rings. The van der Waals surface area contributed by atoms with E-state index in [1.54, 1.807) is 5.57 Å². The van der Waals surface area contributed by atoms with Crippen LogP contribution >= 0.6 is 0 Å². The molecule has 5 rings (SSSR count). The predicted molar refractivity (Wildman–Crippen MR) is 268 cm³/mol. The highest BCUT2D eigenvalue weighted by molar-refractivity contribution is 5.25. The maximum atomic E-state index is 6.53. The Morgan fingerprint density at radius 1 is 0.730 bits per heavy atom. The van der Waals surface area contributed by atoms with E-state index in [4.69, 9.17) is 18.9 Å². The molecule has 1 heterocycles. The van der Waals surface area contributed by atoms with Crippen LogP contribution in [-0.4, -0.2) is 76.4 Å². The van der Waals surface area contributed by atoms with Crippen LogP contribution in [-0.2, 0) is 18.9 Å². The number of piperidine rings is 1. The number of unbranched alkanes of at least 4 members (excludes halogenated alkanes) is 12. The minimum atomic E-state index is 0.111. The third kappa shape index (κ3) is 17.4. The van der Waals surface area contributed by atoms with E-state index in [0.29, 0.717) is 50.0 Å². The molecular weight excluding hydrogens is 775 g/mol. The molecule has 1 saturated heterocycles. The van der Waals surface area contributed by atoms with Gasteiger partial charge in [-0.1, -0.05) is 149 Å². The number of likely N-dealkylation sites (tertiary alicyclic amines) is 1. The highest BCUT2D eigenvalue weighted by atomic mass is 16.6. The average molecular weight is 880 g/mol. The number of fused-ring (bicyclic) bond motifs is 5. The van der Waals surface area contributed by atoms with Crippen LogP contribution < -0.4 is 0 Å². The van der Waals surface area contributed by atoms with Crippen LogP contribution in [0.25, 0.3) is 0 Å². The number of hydrogen-bond acceptors (Lipinski definition) is 5. The normalized spacial score (nSPS) is 31.0. The number of rotatable bonds is 33. The summed E-state index contributed by atoms with van der Waals surface area (Å²) in [5.74, 6) is 6.14. The van der Waals surface area contributed by atoms with E-state index in [-0.39, 0.29) is 6.10 Å². The topological polar surface area (TPSA) is 40.2 Å². The van der Waals surface area contributed by atoms with Crippen LogP contribution in [0.15, 0.2) is 23.8 Å². The van der Waals surface area contributed by atoms with Gasteiger partial charge in [-0.2, -0.15) is 0 Å². The van der Waals surface area contributed by atoms with E-state index < -0.39 is 0 Å². The first-order valence-corrected chi connectivity index (χ1v) is 28.1. The Bertz CT molecular complexity index is 1270. The zero-order chi connectivity index (χ0) is 44.8. The highest BCUT2D eigenvalue weighted by Crippen LogP contribution is 2.67. The van der Waals surface area contributed by atoms with E-state index >= 15 is 0 Å². The van der Waals surface area contributed by atoms with Gasteiger partial charge in [-0.15, -0.1) is 0 Å². The van der Waals surface area contributed by atoms with Crippen LogP contribution in [0.2, 0.25) is 0 Å². The van der Waals surface area contributed by atoms with Gasteiger partial charge in [0.25, 0.3) is 0 Å². The van der Waals surface area contributed by atoms with Gasteiger partial charge in [0.15, 0.2) is 0 Å². The molecule has 1 aliphatic heterocycles. The molecule has 366 valence electrons. The molecule has 0 N–H and O–H groups in total. The first kappa shape index (κ1) is 53.2. The van der Waals surface area contributed by atoms with Crippen LogP contribution in [0, 0.1) is 52.3 Å². The largest absolute Gasteiger partial charge is 0.379 e. The molecule has 63 heavy (non-hydrogen) atoms. The monoisotopic (exact) mass is 880 g/mol. The van der Waals surface area contributed by atoms with Gasteiger partial charge in [0.1, 0.15) is 0 Å². The van der Waals surface area contributed by atoms with Gasteiger partial charge in [-0.05, 0) is 155 Å². The van der Waals surface area contributed by atoms with Crippen LogP contribution in [0.1, 0.15) is 222 Å². The lowest BCUT2D eigenvalue weighted by atomic mass is 9.47. The molecule has 3 saturated carbocycles. The Kier molecular flexibility index (Phi) is 24.7. The Balaban J connectivity index is 0.918. The second-order valence-corrected chi connectivity index (χ2v) is 23.2. The van der Waals surface area contributed by atoms with Crippen molar-refractivity contribution < 1.29 is 18.9 Å². The minimum absolute atomic E-state index is 0.111. The van der Waals surface area contributed by atoms with Crippen LogP contribution in [0.4, 0.5) is 0 Å². The van der Waals surface area contributed by atoms with Crippen LogP contribution in [0.5, 0.6) is 0 Å². The van der Waals surface area contributed by atoms with E-state index in [9.17, 15) is 0 Å². The zero-order valence-corrected chi connectivity index (χ0v) is 43.0. The van der Waals surface area contributed by atoms with Crippen molar-refractivity contribution in [2.45, 2.75) is 234 Å². The molecular formula is C58H105NO4. The standard InChI is InChI=1S/C58H105NO4/c1-8-9-10-11-12-13-14-15-16-17-18-19-20-21-22-23-38-61-46-52(45-59-37-25-27-48(4)44-59)63-42-40-60-39-41-62-51-33-35-57(6)50(43-51)29-30-53-55-32-31-54(49(5)28-24-26-47(2)3)58(55,7)36-34-56(53)57/h15-16,29,47-49,51-56H,8-14,17-28,30-46H2,1-7H3/b16-15-/t48?,49?,51-,52?,53?,54?,55-,56-,57?,58+/m0/s1. The Hall–Kier alpha value is -0.720. The third-order valence-electron chi connectivity index (χ3n) is 17.7. The van der Waals surface area contributed by atoms with E-state index in [0.717, 1.165) is 67.4 Å². The van der Waals surface area contributed by atoms with Crippen molar-refractivity contribution in [3.05, 3.63) is 23.8 Å². The Morgan fingerprint density at radius 2 is 1.46 bits per heavy atom. The summed E-state index contributed by atoms with van der Waals surface area (Å²) in [5.41, 5.74) is 2.68. The summed E-state index contributed by atoms with van der Waals surface area (Å²) < 4.78 is 25.3. The highest BCUT2D eigenvalue weighted by Gasteiger charge is 2.59. The van der Waals surface area contributed by atoms with Gasteiger partial charge in [0.2, 0.25) is 0 Å². The van der Waals surface area contributed by atoms with Crippen molar-refractivity contribution in [1.82, 2.24) is 4.90 Å². The molecule has 10 atom stereocenters. The zero-order valence-electron chi connectivity index (χ0n) is 43.0. The van der Waals surface area contributed by atoms with Gasteiger partial charge in [0, 0.05) is 19.7 Å². The molecule has 6 unspecified atom stereocenters. The molecule has 4 aliphatic carbocycles. The lowest BCUT2D eigenvalue weighted by Crippen LogP contribution is -2.51. The van der Waals surface area contributed by atoms with Gasteiger partial charge < -0.3 is 23.8 Å². The second-order valence-electron chi connectivity index (χ2n) is 23.2. The fourth-order valence-corrected chi connectivity index (χ4v) is 14.0. The smallest absolute Gasteiger partial charge is 0.0936 e. The maximum Gasteiger partial charge on any atom is 0.0936 e. The summed E-state index contributed by atoms with van der Waals surface area (Å²) in [7, 11) is 0. The SMILES string of the molecule is CCCCCCCC/C=C\CCCCCCCCOCC(CN1CCCC(C)C1)OCCOCCO[C@H]1CCC2(C)C(=CCC3[C@@H]2CC[C@]2(C)C(C(C)CCCC(C)C)CC[C@@H]32)C1. The van der Waals surface area contributed by atoms with Crippen molar-refractivity contribution in [2.75, 3.05) is 59.3 Å². The van der Waals surface area contributed by atoms with Gasteiger partial charge in [-0.25, -0.2) is 0 Å². The van der Waals surface area contributed by atoms with Gasteiger partial charge >= 0.3 is 0 Å². The summed E-state index contributed by atoms with van der Waals surface area (Å²) in [5, 5.41) is 0. The lowest BCUT2D eigenvalue weighted by Gasteiger charge is -2.58. The fourth-order valence-electron chi connectivity index (χ4n) is 14.0. The molecule has 5 nitrogen and oxygen atoms in total. The molecule has 0 aromatic heterocycles. The molecule has 0 aromatic carbocycles. The summed E-state index contributed by atoms with van der Waals surface area (Å²) in [6.07, 6.45) is 44.5. The first-order valence-electron chi connectivity index (χ1n) is 28.1. The number of ether oxygens (including phenoxy) is 4. The third-order valence-corrected chi connectivity index (χ3v) is 17.7. The van der Waals surface area contributed by atoms with Crippen LogP contribution in [0.3, 0.4) is 0 Å². The van der Waals surface area contributed by atoms with Gasteiger partial charge in [0.05, 0.1) is 45.2 Å². The predicted octanol–water partition coefficient (Wildman–Crippen LogP) is 15.6. The second kappa shape index (κ2) is 29.2. The summed E-state index contributed by atoms with van der Waals surface area (Å²) in [4.78, 5) is 2.60. The number of hydrogen-bond donors (Lipinski definition) is 0. The van der Waals surface area contributed by atoms with Crippen molar-refractivity contribution in [3.8, 4) is 0 Å². The lowest BCUT2D eigenvalue weighted by molar-refractivity contribution is -0.0741. The van der Waals surface area contributed by atoms with Crippen molar-refractivity contribution in [2.24, 2.45) is 52.3 Å². The number of nitrogens with zero attached hydrogens (tertiary/aromatic N) is 1. The molecule has 5 heteroatoms. The fraction of sp³-hybridized carbons (Fsp3) is 0.931. The molecule has 0 bridgehead atoms. The molecule has 4 fully saturated rings. The van der Waals surface area contributed by atoms with E-state index in [2.05, 4.69) is 71.6 Å². The Labute approximate surface area is 391 Å².